The van der Waals surface area contributed by atoms with Crippen molar-refractivity contribution in [1.82, 2.24) is 14.9 Å². The van der Waals surface area contributed by atoms with Crippen LogP contribution in [0.4, 0.5) is 11.6 Å². The third-order valence-electron chi connectivity index (χ3n) is 3.12. The molecule has 1 aromatic rings. The summed E-state index contributed by atoms with van der Waals surface area (Å²) in [6.45, 7) is 7.25. The lowest BCUT2D eigenvalue weighted by Crippen LogP contribution is -2.45. The van der Waals surface area contributed by atoms with E-state index < -0.39 is 0 Å². The number of halogens is 1. The standard InChI is InChI=1S/C12H20BrN5/c1-3-4-14-11-10(13)12(16-9-15-11)18-7-5-17(2)6-8-18/h9H,3-8H2,1-2H3,(H,14,15,16). The molecule has 100 valence electrons. The molecule has 1 saturated heterocycles. The second-order valence-corrected chi connectivity index (χ2v) is 5.37. The first-order chi connectivity index (χ1) is 8.72. The maximum atomic E-state index is 4.41. The largest absolute Gasteiger partial charge is 0.369 e. The van der Waals surface area contributed by atoms with E-state index in [0.717, 1.165) is 55.3 Å². The molecule has 6 heteroatoms. The van der Waals surface area contributed by atoms with Crippen molar-refractivity contribution in [1.29, 1.82) is 0 Å². The van der Waals surface area contributed by atoms with Gasteiger partial charge >= 0.3 is 0 Å². The third-order valence-corrected chi connectivity index (χ3v) is 3.85. The average Bonchev–Trinajstić information content (AvgIpc) is 2.39. The van der Waals surface area contributed by atoms with Crippen LogP contribution in [-0.2, 0) is 0 Å². The van der Waals surface area contributed by atoms with E-state index in [4.69, 9.17) is 0 Å². The summed E-state index contributed by atoms with van der Waals surface area (Å²) in [4.78, 5) is 13.3. The van der Waals surface area contributed by atoms with Crippen molar-refractivity contribution in [2.75, 3.05) is 50.0 Å². The molecule has 0 bridgehead atoms. The minimum Gasteiger partial charge on any atom is -0.369 e. The van der Waals surface area contributed by atoms with E-state index in [1.165, 1.54) is 0 Å². The van der Waals surface area contributed by atoms with Gasteiger partial charge in [0, 0.05) is 32.7 Å². The second kappa shape index (κ2) is 6.33. The van der Waals surface area contributed by atoms with Crippen molar-refractivity contribution < 1.29 is 0 Å². The topological polar surface area (TPSA) is 44.3 Å². The molecule has 1 aliphatic rings. The Bertz CT molecular complexity index is 390. The third kappa shape index (κ3) is 3.11. The summed E-state index contributed by atoms with van der Waals surface area (Å²) in [6.07, 6.45) is 2.72. The Hall–Kier alpha value is -0.880. The fourth-order valence-corrected chi connectivity index (χ4v) is 2.56. The Morgan fingerprint density at radius 1 is 1.28 bits per heavy atom. The van der Waals surface area contributed by atoms with E-state index in [2.05, 4.69) is 55.0 Å². The molecule has 18 heavy (non-hydrogen) atoms. The summed E-state index contributed by atoms with van der Waals surface area (Å²) in [7, 11) is 2.15. The molecule has 0 spiro atoms. The van der Waals surface area contributed by atoms with Gasteiger partial charge in [-0.05, 0) is 29.4 Å². The molecular weight excluding hydrogens is 294 g/mol. The van der Waals surface area contributed by atoms with E-state index in [1.54, 1.807) is 6.33 Å². The van der Waals surface area contributed by atoms with Crippen molar-refractivity contribution in [2.24, 2.45) is 0 Å². The minimum absolute atomic E-state index is 0.890. The molecule has 1 N–H and O–H groups in total. The SMILES string of the molecule is CCCNc1ncnc(N2CCN(C)CC2)c1Br. The number of hydrogen-bond acceptors (Lipinski definition) is 5. The van der Waals surface area contributed by atoms with Crippen molar-refractivity contribution in [3.8, 4) is 0 Å². The molecule has 1 fully saturated rings. The minimum atomic E-state index is 0.890. The zero-order valence-corrected chi connectivity index (χ0v) is 12.6. The number of anilines is 2. The van der Waals surface area contributed by atoms with Crippen LogP contribution in [0.2, 0.25) is 0 Å². The van der Waals surface area contributed by atoms with Gasteiger partial charge in [0.15, 0.2) is 0 Å². The van der Waals surface area contributed by atoms with Gasteiger partial charge in [-0.25, -0.2) is 9.97 Å². The maximum absolute atomic E-state index is 4.41. The van der Waals surface area contributed by atoms with Crippen LogP contribution in [0.5, 0.6) is 0 Å². The van der Waals surface area contributed by atoms with E-state index in [-0.39, 0.29) is 0 Å². The summed E-state index contributed by atoms with van der Waals surface area (Å²) in [5, 5.41) is 3.32. The molecule has 0 saturated carbocycles. The highest BCUT2D eigenvalue weighted by Gasteiger charge is 2.19. The van der Waals surface area contributed by atoms with E-state index >= 15 is 0 Å². The highest BCUT2D eigenvalue weighted by atomic mass is 79.9. The van der Waals surface area contributed by atoms with Gasteiger partial charge in [0.2, 0.25) is 0 Å². The fourth-order valence-electron chi connectivity index (χ4n) is 1.97. The lowest BCUT2D eigenvalue weighted by molar-refractivity contribution is 0.312. The Kier molecular flexibility index (Phi) is 4.77. The summed E-state index contributed by atoms with van der Waals surface area (Å²) < 4.78 is 0.975. The van der Waals surface area contributed by atoms with Gasteiger partial charge in [-0.3, -0.25) is 0 Å². The predicted octanol–water partition coefficient (Wildman–Crippen LogP) is 1.81. The molecule has 2 rings (SSSR count). The molecule has 1 aliphatic heterocycles. The molecular formula is C12H20BrN5. The number of aromatic nitrogens is 2. The number of nitrogens with one attached hydrogen (secondary N) is 1. The zero-order valence-electron chi connectivity index (χ0n) is 11.0. The zero-order chi connectivity index (χ0) is 13.0. The first-order valence-electron chi connectivity index (χ1n) is 6.40. The number of likely N-dealkylation sites (N-methyl/N-ethyl adjacent to an activating group) is 1. The smallest absolute Gasteiger partial charge is 0.148 e. The molecule has 0 unspecified atom stereocenters. The van der Waals surface area contributed by atoms with Crippen LogP contribution in [-0.4, -0.2) is 54.6 Å². The van der Waals surface area contributed by atoms with Gasteiger partial charge in [-0.1, -0.05) is 6.92 Å². The fraction of sp³-hybridized carbons (Fsp3) is 0.667. The average molecular weight is 314 g/mol. The number of hydrogen-bond donors (Lipinski definition) is 1. The van der Waals surface area contributed by atoms with Crippen LogP contribution in [0.1, 0.15) is 13.3 Å². The molecule has 0 radical (unpaired) electrons. The van der Waals surface area contributed by atoms with Gasteiger partial charge in [0.05, 0.1) is 0 Å². The lowest BCUT2D eigenvalue weighted by atomic mass is 10.3. The number of nitrogens with zero attached hydrogens (tertiary/aromatic N) is 4. The summed E-state index contributed by atoms with van der Waals surface area (Å²) >= 11 is 3.62. The number of piperazine rings is 1. The first kappa shape index (κ1) is 13.5. The molecule has 0 aliphatic carbocycles. The highest BCUT2D eigenvalue weighted by Crippen LogP contribution is 2.29. The van der Waals surface area contributed by atoms with Gasteiger partial charge in [0.1, 0.15) is 22.4 Å². The maximum Gasteiger partial charge on any atom is 0.148 e. The molecule has 1 aromatic heterocycles. The van der Waals surface area contributed by atoms with E-state index in [0.29, 0.717) is 0 Å². The Balaban J connectivity index is 2.12. The predicted molar refractivity (Wildman–Crippen MR) is 78.2 cm³/mol. The summed E-state index contributed by atoms with van der Waals surface area (Å²) in [5.41, 5.74) is 0. The summed E-state index contributed by atoms with van der Waals surface area (Å²) in [6, 6.07) is 0. The van der Waals surface area contributed by atoms with Crippen LogP contribution >= 0.6 is 15.9 Å². The first-order valence-corrected chi connectivity index (χ1v) is 7.19. The lowest BCUT2D eigenvalue weighted by Gasteiger charge is -2.33. The van der Waals surface area contributed by atoms with Crippen LogP contribution in [0, 0.1) is 0 Å². The molecule has 0 amide bonds. The van der Waals surface area contributed by atoms with Crippen LogP contribution < -0.4 is 10.2 Å². The van der Waals surface area contributed by atoms with E-state index in [1.807, 2.05) is 0 Å². The normalized spacial score (nSPS) is 16.9. The van der Waals surface area contributed by atoms with Crippen LogP contribution in [0.25, 0.3) is 0 Å². The molecule has 0 aromatic carbocycles. The Morgan fingerprint density at radius 2 is 2.00 bits per heavy atom. The van der Waals surface area contributed by atoms with Crippen molar-refractivity contribution in [2.45, 2.75) is 13.3 Å². The monoisotopic (exact) mass is 313 g/mol. The number of rotatable bonds is 4. The van der Waals surface area contributed by atoms with Gasteiger partial charge in [0.25, 0.3) is 0 Å². The van der Waals surface area contributed by atoms with Crippen LogP contribution in [0.3, 0.4) is 0 Å². The van der Waals surface area contributed by atoms with Crippen molar-refractivity contribution in [3.63, 3.8) is 0 Å². The van der Waals surface area contributed by atoms with Crippen LogP contribution in [0.15, 0.2) is 10.8 Å². The second-order valence-electron chi connectivity index (χ2n) is 4.58. The van der Waals surface area contributed by atoms with E-state index in [9.17, 15) is 0 Å². The molecule has 5 nitrogen and oxygen atoms in total. The summed E-state index contributed by atoms with van der Waals surface area (Å²) in [5.74, 6) is 1.89. The highest BCUT2D eigenvalue weighted by molar-refractivity contribution is 9.10. The van der Waals surface area contributed by atoms with Crippen molar-refractivity contribution in [3.05, 3.63) is 10.8 Å². The van der Waals surface area contributed by atoms with Gasteiger partial charge in [-0.15, -0.1) is 0 Å². The quantitative estimate of drug-likeness (QED) is 0.918. The Morgan fingerprint density at radius 3 is 2.67 bits per heavy atom. The van der Waals surface area contributed by atoms with Gasteiger partial charge < -0.3 is 15.1 Å². The van der Waals surface area contributed by atoms with Gasteiger partial charge in [-0.2, -0.15) is 0 Å². The van der Waals surface area contributed by atoms with Crippen molar-refractivity contribution >= 4 is 27.6 Å². The Labute approximate surface area is 117 Å². The molecule has 0 atom stereocenters. The molecule has 2 heterocycles.